The number of hydrogen-bond acceptors (Lipinski definition) is 4. The maximum absolute atomic E-state index is 12.6. The van der Waals surface area contributed by atoms with E-state index in [1.165, 1.54) is 25.7 Å². The highest BCUT2D eigenvalue weighted by Crippen LogP contribution is 2.30. The summed E-state index contributed by atoms with van der Waals surface area (Å²) in [5.74, 6) is 1.10. The van der Waals surface area contributed by atoms with Crippen LogP contribution in [0.2, 0.25) is 0 Å². The molecule has 6 nitrogen and oxygen atoms in total. The summed E-state index contributed by atoms with van der Waals surface area (Å²) in [5, 5.41) is 0. The molecule has 1 saturated carbocycles. The number of carbonyl (C=O) groups excluding carboxylic acids is 2. The Hall–Kier alpha value is -2.11. The minimum atomic E-state index is -0.435. The summed E-state index contributed by atoms with van der Waals surface area (Å²) in [6.07, 6.45) is 8.41. The number of aromatic nitrogens is 1. The Balaban J connectivity index is 1.64. The van der Waals surface area contributed by atoms with Crippen LogP contribution >= 0.6 is 0 Å². The van der Waals surface area contributed by atoms with Gasteiger partial charge in [0.05, 0.1) is 0 Å². The van der Waals surface area contributed by atoms with Crippen molar-refractivity contribution in [2.75, 3.05) is 18.5 Å². The van der Waals surface area contributed by atoms with Gasteiger partial charge >= 0.3 is 0 Å². The predicted molar refractivity (Wildman–Crippen MR) is 95.8 cm³/mol. The summed E-state index contributed by atoms with van der Waals surface area (Å²) in [5.41, 5.74) is 5.65. The van der Waals surface area contributed by atoms with Crippen LogP contribution in [0.25, 0.3) is 0 Å². The minimum absolute atomic E-state index is 0.0536. The normalized spacial score (nSPS) is 24.3. The molecule has 2 amide bonds. The maximum atomic E-state index is 12.6. The van der Waals surface area contributed by atoms with Crippen molar-refractivity contribution in [2.24, 2.45) is 11.7 Å². The molecule has 6 heteroatoms. The zero-order valence-corrected chi connectivity index (χ0v) is 14.9. The number of amides is 2. The van der Waals surface area contributed by atoms with Crippen molar-refractivity contribution in [3.63, 3.8) is 0 Å². The van der Waals surface area contributed by atoms with Gasteiger partial charge in [-0.3, -0.25) is 9.59 Å². The third-order valence-corrected chi connectivity index (χ3v) is 5.68. The van der Waals surface area contributed by atoms with E-state index in [1.807, 2.05) is 22.9 Å². The lowest BCUT2D eigenvalue weighted by Crippen LogP contribution is -2.55. The van der Waals surface area contributed by atoms with Gasteiger partial charge < -0.3 is 15.5 Å². The zero-order valence-electron chi connectivity index (χ0n) is 14.9. The molecule has 2 atom stereocenters. The molecule has 1 radical (unpaired) electrons. The molecule has 2 aliphatic rings. The third-order valence-electron chi connectivity index (χ3n) is 5.68. The van der Waals surface area contributed by atoms with Gasteiger partial charge in [0.2, 0.25) is 11.8 Å². The highest BCUT2D eigenvalue weighted by atomic mass is 16.2. The molecule has 25 heavy (non-hydrogen) atoms. The molecule has 2 heterocycles. The molecule has 0 spiro atoms. The lowest BCUT2D eigenvalue weighted by molar-refractivity contribution is -0.134. The molecular weight excluding hydrogens is 316 g/mol. The van der Waals surface area contributed by atoms with E-state index in [0.717, 1.165) is 12.2 Å². The van der Waals surface area contributed by atoms with Gasteiger partial charge in [-0.1, -0.05) is 12.8 Å². The van der Waals surface area contributed by atoms with E-state index in [1.54, 1.807) is 12.3 Å². The van der Waals surface area contributed by atoms with Gasteiger partial charge in [-0.25, -0.2) is 4.98 Å². The van der Waals surface area contributed by atoms with Gasteiger partial charge in [-0.15, -0.1) is 0 Å². The number of carbonyl (C=O) groups is 2. The van der Waals surface area contributed by atoms with Crippen LogP contribution in [0.4, 0.5) is 5.82 Å². The molecule has 2 N–H and O–H groups in total. The van der Waals surface area contributed by atoms with Crippen LogP contribution < -0.4 is 10.6 Å². The van der Waals surface area contributed by atoms with Gasteiger partial charge in [0.1, 0.15) is 11.9 Å². The number of nitrogens with zero attached hydrogens (tertiary/aromatic N) is 3. The standard InChI is InChI=1S/C19H27N4O2/c1-22(18(24)12-14-6-2-3-7-14)15-9-11-23(16(13-15)19(20)25)17-8-4-5-10-21-17/h4,8,10,14-16H,2-3,6-7,9,11-13H2,1H3,(H2,20,25). The van der Waals surface area contributed by atoms with Gasteiger partial charge in [0.15, 0.2) is 0 Å². The molecule has 1 aliphatic heterocycles. The van der Waals surface area contributed by atoms with Crippen molar-refractivity contribution in [1.82, 2.24) is 9.88 Å². The molecule has 3 rings (SSSR count). The molecule has 1 aliphatic carbocycles. The molecule has 1 aromatic heterocycles. The first-order valence-electron chi connectivity index (χ1n) is 9.20. The lowest BCUT2D eigenvalue weighted by Gasteiger charge is -2.41. The molecule has 1 saturated heterocycles. The molecule has 0 bridgehead atoms. The quantitative estimate of drug-likeness (QED) is 0.883. The van der Waals surface area contributed by atoms with Crippen molar-refractivity contribution in [1.29, 1.82) is 0 Å². The van der Waals surface area contributed by atoms with Crippen LogP contribution in [-0.4, -0.2) is 47.4 Å². The van der Waals surface area contributed by atoms with Gasteiger partial charge in [-0.05, 0) is 43.7 Å². The lowest BCUT2D eigenvalue weighted by atomic mass is 9.94. The van der Waals surface area contributed by atoms with Crippen LogP contribution in [0, 0.1) is 12.0 Å². The number of primary amides is 1. The zero-order chi connectivity index (χ0) is 17.8. The summed E-state index contributed by atoms with van der Waals surface area (Å²) < 4.78 is 0. The minimum Gasteiger partial charge on any atom is -0.368 e. The van der Waals surface area contributed by atoms with Crippen LogP contribution in [0.1, 0.15) is 44.9 Å². The fraction of sp³-hybridized carbons (Fsp3) is 0.632. The Morgan fingerprint density at radius 1 is 1.36 bits per heavy atom. The number of nitrogens with two attached hydrogens (primary N) is 1. The van der Waals surface area contributed by atoms with Crippen LogP contribution in [0.5, 0.6) is 0 Å². The average molecular weight is 343 g/mol. The summed E-state index contributed by atoms with van der Waals surface area (Å²) in [7, 11) is 1.87. The Morgan fingerprint density at radius 2 is 2.12 bits per heavy atom. The Kier molecular flexibility index (Phi) is 5.56. The van der Waals surface area contributed by atoms with E-state index < -0.39 is 6.04 Å². The van der Waals surface area contributed by atoms with E-state index in [9.17, 15) is 9.59 Å². The number of pyridine rings is 1. The molecule has 135 valence electrons. The van der Waals surface area contributed by atoms with Crippen molar-refractivity contribution in [3.8, 4) is 0 Å². The second-order valence-electron chi connectivity index (χ2n) is 7.27. The van der Waals surface area contributed by atoms with Crippen LogP contribution in [0.3, 0.4) is 0 Å². The van der Waals surface area contributed by atoms with E-state index in [0.29, 0.717) is 25.3 Å². The van der Waals surface area contributed by atoms with E-state index in [2.05, 4.69) is 11.1 Å². The van der Waals surface area contributed by atoms with E-state index >= 15 is 0 Å². The Bertz CT molecular complexity index is 601. The number of anilines is 1. The molecule has 2 fully saturated rings. The van der Waals surface area contributed by atoms with Gasteiger partial charge in [-0.2, -0.15) is 0 Å². The SMILES string of the molecule is CN(C(=O)CC1CCCC1)C1CCN(c2cc[c]cn2)C(C(N)=O)C1. The maximum Gasteiger partial charge on any atom is 0.240 e. The number of piperidine rings is 1. The van der Waals surface area contributed by atoms with Crippen molar-refractivity contribution >= 4 is 17.6 Å². The summed E-state index contributed by atoms with van der Waals surface area (Å²) >= 11 is 0. The second-order valence-corrected chi connectivity index (χ2v) is 7.27. The largest absolute Gasteiger partial charge is 0.368 e. The molecule has 0 aromatic carbocycles. The van der Waals surface area contributed by atoms with Crippen molar-refractivity contribution in [2.45, 2.75) is 57.0 Å². The van der Waals surface area contributed by atoms with E-state index in [-0.39, 0.29) is 17.9 Å². The number of rotatable bonds is 5. The molecule has 2 unspecified atom stereocenters. The first kappa shape index (κ1) is 17.7. The van der Waals surface area contributed by atoms with Gasteiger partial charge in [0.25, 0.3) is 0 Å². The molecule has 1 aromatic rings. The smallest absolute Gasteiger partial charge is 0.240 e. The monoisotopic (exact) mass is 343 g/mol. The van der Waals surface area contributed by atoms with Crippen molar-refractivity contribution in [3.05, 3.63) is 24.4 Å². The Labute approximate surface area is 149 Å². The Morgan fingerprint density at radius 3 is 2.76 bits per heavy atom. The average Bonchev–Trinajstić information content (AvgIpc) is 3.14. The van der Waals surface area contributed by atoms with Crippen LogP contribution in [-0.2, 0) is 9.59 Å². The predicted octanol–water partition coefficient (Wildman–Crippen LogP) is 1.74. The van der Waals surface area contributed by atoms with E-state index in [4.69, 9.17) is 5.73 Å². The topological polar surface area (TPSA) is 79.5 Å². The first-order chi connectivity index (χ1) is 12.1. The van der Waals surface area contributed by atoms with Crippen LogP contribution in [0.15, 0.2) is 18.3 Å². The van der Waals surface area contributed by atoms with Crippen molar-refractivity contribution < 1.29 is 9.59 Å². The fourth-order valence-corrected chi connectivity index (χ4v) is 4.13. The summed E-state index contributed by atoms with van der Waals surface area (Å²) in [6.45, 7) is 0.663. The van der Waals surface area contributed by atoms with Gasteiger partial charge in [0, 0.05) is 38.3 Å². The fourth-order valence-electron chi connectivity index (χ4n) is 4.13. The second kappa shape index (κ2) is 7.85. The third kappa shape index (κ3) is 4.11. The first-order valence-corrected chi connectivity index (χ1v) is 9.20. The highest BCUT2D eigenvalue weighted by Gasteiger charge is 2.36. The molecular formula is C19H27N4O2. The highest BCUT2D eigenvalue weighted by molar-refractivity contribution is 5.84. The summed E-state index contributed by atoms with van der Waals surface area (Å²) in [4.78, 5) is 32.7. The number of hydrogen-bond donors (Lipinski definition) is 1. The summed E-state index contributed by atoms with van der Waals surface area (Å²) in [6, 6.07) is 6.12.